The maximum Gasteiger partial charge on any atom is 0.246 e. The summed E-state index contributed by atoms with van der Waals surface area (Å²) in [4.78, 5) is 24.0. The zero-order valence-corrected chi connectivity index (χ0v) is 11.6. The Hall–Kier alpha value is -1.99. The zero-order valence-electron chi connectivity index (χ0n) is 11.6. The Morgan fingerprint density at radius 3 is 2.81 bits per heavy atom. The Morgan fingerprint density at radius 2 is 2.19 bits per heavy atom. The van der Waals surface area contributed by atoms with Crippen LogP contribution >= 0.6 is 0 Å². The number of halogens is 1. The molecule has 7 heteroatoms. The molecule has 2 unspecified atom stereocenters. The van der Waals surface area contributed by atoms with Crippen LogP contribution in [-0.2, 0) is 9.59 Å². The Balaban J connectivity index is 1.76. The summed E-state index contributed by atoms with van der Waals surface area (Å²) in [7, 11) is 1.42. The lowest BCUT2D eigenvalue weighted by molar-refractivity contribution is -0.137. The van der Waals surface area contributed by atoms with Gasteiger partial charge in [0.2, 0.25) is 11.8 Å². The zero-order chi connectivity index (χ0) is 15.4. The Morgan fingerprint density at radius 1 is 1.48 bits per heavy atom. The Bertz CT molecular complexity index is 537. The summed E-state index contributed by atoms with van der Waals surface area (Å²) < 4.78 is 18.5. The SMILES string of the molecule is CN1C(=O)CC(NCC(O)COc2ccccc2F)C1=O. The fraction of sp³-hybridized carbons (Fsp3) is 0.429. The van der Waals surface area contributed by atoms with E-state index in [1.54, 1.807) is 12.1 Å². The third-order valence-electron chi connectivity index (χ3n) is 3.25. The second kappa shape index (κ2) is 6.64. The molecule has 1 aromatic rings. The molecule has 0 aromatic heterocycles. The molecule has 0 bridgehead atoms. The van der Waals surface area contributed by atoms with Gasteiger partial charge in [-0.25, -0.2) is 4.39 Å². The van der Waals surface area contributed by atoms with E-state index in [0.717, 1.165) is 4.90 Å². The van der Waals surface area contributed by atoms with Gasteiger partial charge in [-0.1, -0.05) is 12.1 Å². The summed E-state index contributed by atoms with van der Waals surface area (Å²) in [5.41, 5.74) is 0. The smallest absolute Gasteiger partial charge is 0.246 e. The number of carbonyl (C=O) groups is 2. The van der Waals surface area contributed by atoms with E-state index >= 15 is 0 Å². The van der Waals surface area contributed by atoms with E-state index in [2.05, 4.69) is 5.32 Å². The number of hydrogen-bond acceptors (Lipinski definition) is 5. The highest BCUT2D eigenvalue weighted by molar-refractivity contribution is 6.05. The van der Waals surface area contributed by atoms with Gasteiger partial charge in [0, 0.05) is 13.6 Å². The molecular formula is C14H17FN2O4. The Labute approximate surface area is 121 Å². The molecular weight excluding hydrogens is 279 g/mol. The molecule has 2 rings (SSSR count). The van der Waals surface area contributed by atoms with Gasteiger partial charge in [0.05, 0.1) is 12.5 Å². The number of para-hydroxylation sites is 1. The topological polar surface area (TPSA) is 78.9 Å². The van der Waals surface area contributed by atoms with Crippen LogP contribution < -0.4 is 10.1 Å². The van der Waals surface area contributed by atoms with Gasteiger partial charge < -0.3 is 15.2 Å². The quantitative estimate of drug-likeness (QED) is 0.718. The molecule has 0 spiro atoms. The molecule has 0 radical (unpaired) electrons. The van der Waals surface area contributed by atoms with Gasteiger partial charge in [0.15, 0.2) is 11.6 Å². The van der Waals surface area contributed by atoms with E-state index < -0.39 is 18.0 Å². The number of aliphatic hydroxyl groups is 1. The van der Waals surface area contributed by atoms with Crippen molar-refractivity contribution in [3.8, 4) is 5.75 Å². The fourth-order valence-electron chi connectivity index (χ4n) is 2.00. The summed E-state index contributed by atoms with van der Waals surface area (Å²) in [6.45, 7) is -0.0371. The molecule has 21 heavy (non-hydrogen) atoms. The van der Waals surface area contributed by atoms with Crippen molar-refractivity contribution in [3.05, 3.63) is 30.1 Å². The number of carbonyl (C=O) groups excluding carboxylic acids is 2. The minimum absolute atomic E-state index is 0.0587. The number of hydrogen-bond donors (Lipinski definition) is 2. The highest BCUT2D eigenvalue weighted by Crippen LogP contribution is 2.15. The number of ether oxygens (including phenoxy) is 1. The highest BCUT2D eigenvalue weighted by Gasteiger charge is 2.35. The maximum atomic E-state index is 13.3. The molecule has 1 aliphatic heterocycles. The molecule has 6 nitrogen and oxygen atoms in total. The van der Waals surface area contributed by atoms with Crippen LogP contribution in [0.25, 0.3) is 0 Å². The van der Waals surface area contributed by atoms with Crippen LogP contribution in [0.3, 0.4) is 0 Å². The number of likely N-dealkylation sites (tertiary alicyclic amines) is 1. The molecule has 1 heterocycles. The highest BCUT2D eigenvalue weighted by atomic mass is 19.1. The van der Waals surface area contributed by atoms with Crippen LogP contribution in [0.4, 0.5) is 4.39 Å². The first-order chi connectivity index (χ1) is 9.99. The Kier molecular flexibility index (Phi) is 4.87. The van der Waals surface area contributed by atoms with E-state index in [0.29, 0.717) is 0 Å². The van der Waals surface area contributed by atoms with Crippen LogP contribution in [0.5, 0.6) is 5.75 Å². The average Bonchev–Trinajstić information content (AvgIpc) is 2.71. The van der Waals surface area contributed by atoms with Crippen molar-refractivity contribution in [1.29, 1.82) is 0 Å². The van der Waals surface area contributed by atoms with Gasteiger partial charge in [0.25, 0.3) is 0 Å². The molecule has 2 atom stereocenters. The van der Waals surface area contributed by atoms with Crippen LogP contribution in [-0.4, -0.2) is 54.2 Å². The molecule has 2 N–H and O–H groups in total. The largest absolute Gasteiger partial charge is 0.488 e. The second-order valence-electron chi connectivity index (χ2n) is 4.85. The molecule has 1 aromatic carbocycles. The molecule has 0 saturated carbocycles. The van der Waals surface area contributed by atoms with Crippen molar-refractivity contribution < 1.29 is 23.8 Å². The van der Waals surface area contributed by atoms with E-state index in [1.807, 2.05) is 0 Å². The van der Waals surface area contributed by atoms with Gasteiger partial charge in [0.1, 0.15) is 12.7 Å². The number of rotatable bonds is 6. The predicted octanol–water partition coefficient (Wildman–Crippen LogP) is -0.0877. The summed E-state index contributed by atoms with van der Waals surface area (Å²) in [6.07, 6.45) is -0.839. The van der Waals surface area contributed by atoms with Crippen molar-refractivity contribution >= 4 is 11.8 Å². The van der Waals surface area contributed by atoms with Crippen molar-refractivity contribution in [3.63, 3.8) is 0 Å². The number of imide groups is 1. The van der Waals surface area contributed by atoms with Gasteiger partial charge in [-0.15, -0.1) is 0 Å². The summed E-state index contributed by atoms with van der Waals surface area (Å²) >= 11 is 0. The summed E-state index contributed by atoms with van der Waals surface area (Å²) in [5.74, 6) is -1.02. The number of amides is 2. The lowest BCUT2D eigenvalue weighted by Gasteiger charge is -2.16. The second-order valence-corrected chi connectivity index (χ2v) is 4.85. The van der Waals surface area contributed by atoms with Gasteiger partial charge >= 0.3 is 0 Å². The van der Waals surface area contributed by atoms with Crippen LogP contribution in [0.2, 0.25) is 0 Å². The number of aliphatic hydroxyl groups excluding tert-OH is 1. The van der Waals surface area contributed by atoms with Gasteiger partial charge in [-0.3, -0.25) is 14.5 Å². The predicted molar refractivity (Wildman–Crippen MR) is 72.1 cm³/mol. The number of likely N-dealkylation sites (N-methyl/N-ethyl adjacent to an activating group) is 1. The molecule has 114 valence electrons. The van der Waals surface area contributed by atoms with Crippen molar-refractivity contribution in [2.24, 2.45) is 0 Å². The van der Waals surface area contributed by atoms with Crippen LogP contribution in [0, 0.1) is 5.82 Å². The molecule has 0 aliphatic carbocycles. The van der Waals surface area contributed by atoms with Gasteiger partial charge in [-0.2, -0.15) is 0 Å². The lowest BCUT2D eigenvalue weighted by atomic mass is 10.2. The number of nitrogens with one attached hydrogen (secondary N) is 1. The van der Waals surface area contributed by atoms with E-state index in [4.69, 9.17) is 4.74 Å². The molecule has 1 aliphatic rings. The average molecular weight is 296 g/mol. The van der Waals surface area contributed by atoms with Crippen LogP contribution in [0.1, 0.15) is 6.42 Å². The van der Waals surface area contributed by atoms with Crippen molar-refractivity contribution in [2.45, 2.75) is 18.6 Å². The minimum Gasteiger partial charge on any atom is -0.488 e. The first kappa shape index (κ1) is 15.4. The molecule has 2 amide bonds. The maximum absolute atomic E-state index is 13.3. The first-order valence-corrected chi connectivity index (χ1v) is 6.58. The number of nitrogens with zero attached hydrogens (tertiary/aromatic N) is 1. The van der Waals surface area contributed by atoms with E-state index in [1.165, 1.54) is 19.2 Å². The normalized spacial score (nSPS) is 20.0. The summed E-state index contributed by atoms with van der Waals surface area (Å²) in [6, 6.07) is 5.27. The standard InChI is InChI=1S/C14H17FN2O4/c1-17-13(19)6-11(14(17)20)16-7-9(18)8-21-12-5-3-2-4-10(12)15/h2-5,9,11,16,18H,6-8H2,1H3. The third kappa shape index (κ3) is 3.77. The minimum atomic E-state index is -0.918. The lowest BCUT2D eigenvalue weighted by Crippen LogP contribution is -2.42. The molecule has 1 saturated heterocycles. The third-order valence-corrected chi connectivity index (χ3v) is 3.25. The molecule has 1 fully saturated rings. The monoisotopic (exact) mass is 296 g/mol. The fourth-order valence-corrected chi connectivity index (χ4v) is 2.00. The van der Waals surface area contributed by atoms with Crippen molar-refractivity contribution in [2.75, 3.05) is 20.2 Å². The van der Waals surface area contributed by atoms with E-state index in [-0.39, 0.29) is 37.1 Å². The number of benzene rings is 1. The van der Waals surface area contributed by atoms with Crippen molar-refractivity contribution in [1.82, 2.24) is 10.2 Å². The first-order valence-electron chi connectivity index (χ1n) is 6.58. The van der Waals surface area contributed by atoms with E-state index in [9.17, 15) is 19.1 Å². The van der Waals surface area contributed by atoms with Crippen LogP contribution in [0.15, 0.2) is 24.3 Å². The summed E-state index contributed by atoms with van der Waals surface area (Å²) in [5, 5.41) is 12.6. The van der Waals surface area contributed by atoms with Gasteiger partial charge in [-0.05, 0) is 12.1 Å².